The van der Waals surface area contributed by atoms with E-state index < -0.39 is 0 Å². The van der Waals surface area contributed by atoms with Gasteiger partial charge < -0.3 is 4.74 Å². The van der Waals surface area contributed by atoms with E-state index in [1.165, 1.54) is 11.1 Å². The first-order valence-corrected chi connectivity index (χ1v) is 10.6. The quantitative estimate of drug-likeness (QED) is 0.329. The van der Waals surface area contributed by atoms with Gasteiger partial charge in [0.05, 0.1) is 12.6 Å². The van der Waals surface area contributed by atoms with Crippen LogP contribution in [0.15, 0.2) is 72.8 Å². The molecule has 0 unspecified atom stereocenters. The van der Waals surface area contributed by atoms with Gasteiger partial charge in [-0.15, -0.1) is 0 Å². The number of hydrogen-bond acceptors (Lipinski definition) is 3. The zero-order valence-electron chi connectivity index (χ0n) is 17.0. The van der Waals surface area contributed by atoms with Crippen LogP contribution in [0, 0.1) is 0 Å². The Morgan fingerprint density at radius 2 is 1.75 bits per heavy atom. The van der Waals surface area contributed by atoms with Gasteiger partial charge in [0.25, 0.3) is 0 Å². The van der Waals surface area contributed by atoms with Gasteiger partial charge in [0.15, 0.2) is 0 Å². The van der Waals surface area contributed by atoms with E-state index in [1.54, 1.807) is 0 Å². The van der Waals surface area contributed by atoms with Gasteiger partial charge in [-0.3, -0.25) is 4.84 Å². The molecule has 2 aromatic carbocycles. The summed E-state index contributed by atoms with van der Waals surface area (Å²) in [6.45, 7) is 4.61. The summed E-state index contributed by atoms with van der Waals surface area (Å²) in [5, 5.41) is 2.16. The van der Waals surface area contributed by atoms with Crippen LogP contribution in [-0.2, 0) is 16.2 Å². The Balaban J connectivity index is 1.38. The van der Waals surface area contributed by atoms with E-state index in [4.69, 9.17) is 9.57 Å². The molecule has 0 bridgehead atoms. The van der Waals surface area contributed by atoms with Crippen LogP contribution in [-0.4, -0.2) is 24.3 Å². The van der Waals surface area contributed by atoms with E-state index in [0.717, 1.165) is 45.3 Å². The Labute approximate surface area is 169 Å². The largest absolute Gasteiger partial charge is 0.377 e. The molecule has 0 aliphatic carbocycles. The number of benzene rings is 2. The van der Waals surface area contributed by atoms with Gasteiger partial charge in [-0.2, -0.15) is 5.06 Å². The lowest BCUT2D eigenvalue weighted by Crippen LogP contribution is -2.32. The molecule has 0 N–H and O–H groups in total. The molecule has 0 saturated heterocycles. The second kappa shape index (κ2) is 11.8. The van der Waals surface area contributed by atoms with Crippen LogP contribution in [0.4, 0.5) is 0 Å². The van der Waals surface area contributed by atoms with E-state index in [0.29, 0.717) is 12.6 Å². The fraction of sp³-hybridized carbons (Fsp3) is 0.440. The van der Waals surface area contributed by atoms with Gasteiger partial charge in [0.2, 0.25) is 0 Å². The van der Waals surface area contributed by atoms with Crippen molar-refractivity contribution in [3.05, 3.63) is 83.9 Å². The lowest BCUT2D eigenvalue weighted by molar-refractivity contribution is -0.207. The number of hydrogen-bond donors (Lipinski definition) is 0. The highest BCUT2D eigenvalue weighted by atomic mass is 16.7. The monoisotopic (exact) mass is 379 g/mol. The topological polar surface area (TPSA) is 21.7 Å². The Morgan fingerprint density at radius 3 is 2.50 bits per heavy atom. The van der Waals surface area contributed by atoms with Gasteiger partial charge in [0, 0.05) is 13.2 Å². The maximum absolute atomic E-state index is 6.43. The summed E-state index contributed by atoms with van der Waals surface area (Å²) in [6, 6.07) is 21.3. The molecule has 0 radical (unpaired) electrons. The summed E-state index contributed by atoms with van der Waals surface area (Å²) in [4.78, 5) is 6.43. The maximum Gasteiger partial charge on any atom is 0.104 e. The van der Waals surface area contributed by atoms with E-state index >= 15 is 0 Å². The van der Waals surface area contributed by atoms with Crippen molar-refractivity contribution in [2.24, 2.45) is 0 Å². The molecule has 3 rings (SSSR count). The molecule has 0 amide bonds. The lowest BCUT2D eigenvalue weighted by Gasteiger charge is -2.29. The lowest BCUT2D eigenvalue weighted by atomic mass is 10.1. The molecule has 1 heterocycles. The van der Waals surface area contributed by atoms with Crippen molar-refractivity contribution in [3.63, 3.8) is 0 Å². The molecule has 0 fully saturated rings. The summed E-state index contributed by atoms with van der Waals surface area (Å²) in [6.07, 6.45) is 10.2. The van der Waals surface area contributed by atoms with Crippen molar-refractivity contribution < 1.29 is 9.57 Å². The molecular weight excluding hydrogens is 346 g/mol. The average molecular weight is 380 g/mol. The van der Waals surface area contributed by atoms with E-state index in [9.17, 15) is 0 Å². The van der Waals surface area contributed by atoms with Crippen LogP contribution in [0.1, 0.15) is 56.3 Å². The van der Waals surface area contributed by atoms with E-state index in [2.05, 4.69) is 78.7 Å². The Hall–Kier alpha value is -1.94. The highest BCUT2D eigenvalue weighted by Crippen LogP contribution is 2.27. The third-order valence-corrected chi connectivity index (χ3v) is 5.15. The SMILES string of the molecule is CCC[C@H](ON1CC=C[C@H]1CCCCOCc1ccccc1)c1ccccc1. The van der Waals surface area contributed by atoms with Crippen molar-refractivity contribution in [3.8, 4) is 0 Å². The van der Waals surface area contributed by atoms with Gasteiger partial charge in [-0.05, 0) is 36.8 Å². The van der Waals surface area contributed by atoms with E-state index in [1.807, 2.05) is 6.07 Å². The van der Waals surface area contributed by atoms with Crippen LogP contribution in [0.25, 0.3) is 0 Å². The number of ether oxygens (including phenoxy) is 1. The third-order valence-electron chi connectivity index (χ3n) is 5.15. The molecule has 3 nitrogen and oxygen atoms in total. The number of unbranched alkanes of at least 4 members (excludes halogenated alkanes) is 1. The van der Waals surface area contributed by atoms with Crippen molar-refractivity contribution in [1.82, 2.24) is 5.06 Å². The highest BCUT2D eigenvalue weighted by molar-refractivity contribution is 5.17. The molecule has 2 aromatic rings. The van der Waals surface area contributed by atoms with Crippen LogP contribution < -0.4 is 0 Å². The van der Waals surface area contributed by atoms with Crippen LogP contribution in [0.5, 0.6) is 0 Å². The minimum absolute atomic E-state index is 0.141. The predicted molar refractivity (Wildman–Crippen MR) is 115 cm³/mol. The minimum Gasteiger partial charge on any atom is -0.377 e. The second-order valence-corrected chi connectivity index (χ2v) is 7.42. The normalized spacial score (nSPS) is 17.8. The summed E-state index contributed by atoms with van der Waals surface area (Å²) >= 11 is 0. The minimum atomic E-state index is 0.141. The van der Waals surface area contributed by atoms with Crippen LogP contribution in [0.2, 0.25) is 0 Å². The molecule has 2 atom stereocenters. The third kappa shape index (κ3) is 6.59. The number of nitrogens with zero attached hydrogens (tertiary/aromatic N) is 1. The molecule has 150 valence electrons. The summed E-state index contributed by atoms with van der Waals surface area (Å²) in [7, 11) is 0. The first-order chi connectivity index (χ1) is 13.9. The van der Waals surface area contributed by atoms with Gasteiger partial charge in [-0.1, -0.05) is 86.2 Å². The van der Waals surface area contributed by atoms with Crippen molar-refractivity contribution in [1.29, 1.82) is 0 Å². The Morgan fingerprint density at radius 1 is 1.00 bits per heavy atom. The number of hydroxylamine groups is 2. The fourth-order valence-corrected chi connectivity index (χ4v) is 3.61. The maximum atomic E-state index is 6.43. The molecule has 0 saturated carbocycles. The molecule has 1 aliphatic rings. The molecule has 0 aromatic heterocycles. The first-order valence-electron chi connectivity index (χ1n) is 10.6. The highest BCUT2D eigenvalue weighted by Gasteiger charge is 2.24. The van der Waals surface area contributed by atoms with Crippen molar-refractivity contribution >= 4 is 0 Å². The zero-order valence-corrected chi connectivity index (χ0v) is 17.0. The molecule has 28 heavy (non-hydrogen) atoms. The zero-order chi connectivity index (χ0) is 19.4. The molecule has 3 heteroatoms. The Bertz CT molecular complexity index is 686. The molecule has 0 spiro atoms. The fourth-order valence-electron chi connectivity index (χ4n) is 3.61. The standard InChI is InChI=1S/C25H33NO2/c1-2-12-25(23-15-7-4-8-16-23)28-26-19-11-18-24(26)17-9-10-20-27-21-22-13-5-3-6-14-22/h3-8,11,13-16,18,24-25H,2,9-10,12,17,19-21H2,1H3/t24-,25+/m1/s1. The predicted octanol–water partition coefficient (Wildman–Crippen LogP) is 6.09. The Kier molecular flexibility index (Phi) is 8.76. The molecule has 1 aliphatic heterocycles. The van der Waals surface area contributed by atoms with Crippen LogP contribution in [0.3, 0.4) is 0 Å². The first kappa shape index (κ1) is 20.8. The van der Waals surface area contributed by atoms with Gasteiger partial charge in [0.1, 0.15) is 6.10 Å². The van der Waals surface area contributed by atoms with Crippen molar-refractivity contribution in [2.75, 3.05) is 13.2 Å². The van der Waals surface area contributed by atoms with E-state index in [-0.39, 0.29) is 6.10 Å². The summed E-state index contributed by atoms with van der Waals surface area (Å²) < 4.78 is 5.80. The second-order valence-electron chi connectivity index (χ2n) is 7.42. The van der Waals surface area contributed by atoms with Gasteiger partial charge >= 0.3 is 0 Å². The smallest absolute Gasteiger partial charge is 0.104 e. The van der Waals surface area contributed by atoms with Crippen molar-refractivity contribution in [2.45, 2.75) is 57.8 Å². The van der Waals surface area contributed by atoms with Crippen LogP contribution >= 0.6 is 0 Å². The summed E-state index contributed by atoms with van der Waals surface area (Å²) in [5.74, 6) is 0. The average Bonchev–Trinajstić information content (AvgIpc) is 3.18. The van der Waals surface area contributed by atoms with Gasteiger partial charge in [-0.25, -0.2) is 0 Å². The summed E-state index contributed by atoms with van der Waals surface area (Å²) in [5.41, 5.74) is 2.51. The molecular formula is C25H33NO2. The number of rotatable bonds is 12.